The smallest absolute Gasteiger partial charge is 0.262 e. The molecule has 0 atom stereocenters. The van der Waals surface area contributed by atoms with Gasteiger partial charge in [0.05, 0.1) is 5.69 Å². The first kappa shape index (κ1) is 23.8. The summed E-state index contributed by atoms with van der Waals surface area (Å²) in [5.41, 5.74) is 6.45. The summed E-state index contributed by atoms with van der Waals surface area (Å²) in [6, 6.07) is 36.5. The van der Waals surface area contributed by atoms with Crippen LogP contribution in [0.2, 0.25) is 0 Å². The van der Waals surface area contributed by atoms with Crippen molar-refractivity contribution in [2.24, 2.45) is 0 Å². The van der Waals surface area contributed by atoms with Gasteiger partial charge in [-0.1, -0.05) is 99.6 Å². The lowest BCUT2D eigenvalue weighted by Gasteiger charge is -2.25. The van der Waals surface area contributed by atoms with Crippen molar-refractivity contribution in [1.29, 1.82) is 0 Å². The zero-order valence-electron chi connectivity index (χ0n) is 20.1. The van der Waals surface area contributed by atoms with Crippen molar-refractivity contribution in [3.63, 3.8) is 0 Å². The molecule has 34 heavy (non-hydrogen) atoms. The van der Waals surface area contributed by atoms with Crippen molar-refractivity contribution in [2.75, 3.05) is 4.90 Å². The summed E-state index contributed by atoms with van der Waals surface area (Å²) in [5, 5.41) is 0. The largest absolute Gasteiger partial charge is 0.277 e. The van der Waals surface area contributed by atoms with E-state index >= 15 is 0 Å². The van der Waals surface area contributed by atoms with Crippen molar-refractivity contribution in [1.82, 2.24) is 0 Å². The molecule has 0 aliphatic carbocycles. The number of carbonyl (C=O) groups is 1. The van der Waals surface area contributed by atoms with Crippen molar-refractivity contribution < 1.29 is 4.79 Å². The number of carbonyl (C=O) groups excluding carboxylic acids is 1. The molecule has 4 aromatic carbocycles. The second-order valence-electron chi connectivity index (χ2n) is 9.41. The van der Waals surface area contributed by atoms with Crippen LogP contribution in [0.3, 0.4) is 0 Å². The van der Waals surface area contributed by atoms with Gasteiger partial charge >= 0.3 is 0 Å². The van der Waals surface area contributed by atoms with E-state index in [-0.39, 0.29) is 11.3 Å². The fraction of sp³-hybridized carbons (Fsp3) is 0.194. The number of para-hydroxylation sites is 2. The minimum absolute atomic E-state index is 0.0259. The molecule has 0 saturated heterocycles. The first-order chi connectivity index (χ1) is 16.4. The van der Waals surface area contributed by atoms with Gasteiger partial charge in [-0.2, -0.15) is 11.8 Å². The van der Waals surface area contributed by atoms with E-state index in [2.05, 4.69) is 51.1 Å². The van der Waals surface area contributed by atoms with Gasteiger partial charge in [-0.25, -0.2) is 0 Å². The number of hydrogen-bond acceptors (Lipinski definition) is 2. The maximum Gasteiger partial charge on any atom is 0.262 e. The van der Waals surface area contributed by atoms with Gasteiger partial charge in [-0.05, 0) is 52.4 Å². The Hall–Kier alpha value is -3.30. The van der Waals surface area contributed by atoms with E-state index in [0.717, 1.165) is 28.4 Å². The molecular weight excluding hydrogens is 434 g/mol. The Balaban J connectivity index is 1.57. The predicted molar refractivity (Wildman–Crippen MR) is 146 cm³/mol. The van der Waals surface area contributed by atoms with Crippen LogP contribution >= 0.6 is 11.8 Å². The Morgan fingerprint density at radius 1 is 0.706 bits per heavy atom. The topological polar surface area (TPSA) is 20.3 Å². The molecule has 0 radical (unpaired) electrons. The van der Waals surface area contributed by atoms with E-state index in [1.807, 2.05) is 95.5 Å². The Morgan fingerprint density at radius 3 is 1.94 bits per heavy atom. The molecule has 3 heteroatoms. The van der Waals surface area contributed by atoms with Crippen LogP contribution in [-0.4, -0.2) is 5.91 Å². The molecule has 0 bridgehead atoms. The molecule has 0 aromatic heterocycles. The van der Waals surface area contributed by atoms with Gasteiger partial charge in [0.15, 0.2) is 0 Å². The Labute approximate surface area is 207 Å². The molecule has 0 aliphatic heterocycles. The summed E-state index contributed by atoms with van der Waals surface area (Å²) < 4.78 is 0. The number of anilines is 2. The number of rotatable bonds is 7. The molecule has 0 heterocycles. The third kappa shape index (κ3) is 5.78. The predicted octanol–water partition coefficient (Wildman–Crippen LogP) is 8.40. The lowest BCUT2D eigenvalue weighted by molar-refractivity contribution is 0.0999. The third-order valence-electron chi connectivity index (χ3n) is 5.82. The second-order valence-corrected chi connectivity index (χ2v) is 10.4. The van der Waals surface area contributed by atoms with Crippen LogP contribution < -0.4 is 4.90 Å². The quantitative estimate of drug-likeness (QED) is 0.273. The molecule has 0 aliphatic rings. The summed E-state index contributed by atoms with van der Waals surface area (Å²) in [7, 11) is 0. The first-order valence-electron chi connectivity index (χ1n) is 11.6. The van der Waals surface area contributed by atoms with E-state index in [0.29, 0.717) is 5.56 Å². The maximum absolute atomic E-state index is 13.6. The van der Waals surface area contributed by atoms with Crippen LogP contribution in [0, 0.1) is 0 Å². The molecular formula is C31H31NOS. The maximum atomic E-state index is 13.6. The van der Waals surface area contributed by atoms with Crippen LogP contribution in [0.4, 0.5) is 11.4 Å². The summed E-state index contributed by atoms with van der Waals surface area (Å²) in [6.07, 6.45) is 0. The highest BCUT2D eigenvalue weighted by atomic mass is 32.2. The normalized spacial score (nSPS) is 11.3. The number of benzene rings is 4. The third-order valence-corrected chi connectivity index (χ3v) is 6.87. The van der Waals surface area contributed by atoms with E-state index in [9.17, 15) is 4.79 Å². The summed E-state index contributed by atoms with van der Waals surface area (Å²) in [4.78, 5) is 15.5. The molecule has 0 N–H and O–H groups in total. The minimum atomic E-state index is -0.0259. The number of nitrogens with zero attached hydrogens (tertiary/aromatic N) is 1. The molecule has 172 valence electrons. The van der Waals surface area contributed by atoms with E-state index in [1.54, 1.807) is 0 Å². The Morgan fingerprint density at radius 2 is 1.29 bits per heavy atom. The number of amides is 1. The molecule has 0 spiro atoms. The molecule has 0 unspecified atom stereocenters. The van der Waals surface area contributed by atoms with E-state index < -0.39 is 0 Å². The highest BCUT2D eigenvalue weighted by Crippen LogP contribution is 2.33. The second kappa shape index (κ2) is 10.8. The van der Waals surface area contributed by atoms with Crippen LogP contribution in [-0.2, 0) is 16.9 Å². The van der Waals surface area contributed by atoms with Crippen LogP contribution in [0.1, 0.15) is 47.8 Å². The molecule has 2 nitrogen and oxygen atoms in total. The monoisotopic (exact) mass is 465 g/mol. The highest BCUT2D eigenvalue weighted by Gasteiger charge is 2.22. The standard InChI is InChI=1S/C31H31NOS/c1-31(2,3)27-20-18-24(19-21-27)22-34-23-26-14-10-11-17-29(26)32(28-15-8-5-9-16-28)30(33)25-12-6-4-7-13-25/h4-21H,22-23H2,1-3H3. The van der Waals surface area contributed by atoms with Crippen LogP contribution in [0.15, 0.2) is 109 Å². The van der Waals surface area contributed by atoms with Gasteiger partial charge in [0, 0.05) is 22.8 Å². The van der Waals surface area contributed by atoms with Gasteiger partial charge in [-0.15, -0.1) is 0 Å². The van der Waals surface area contributed by atoms with Gasteiger partial charge in [0.2, 0.25) is 0 Å². The Bertz CT molecular complexity index is 1210. The van der Waals surface area contributed by atoms with E-state index in [4.69, 9.17) is 0 Å². The summed E-state index contributed by atoms with van der Waals surface area (Å²) in [6.45, 7) is 6.72. The minimum Gasteiger partial charge on any atom is -0.277 e. The molecule has 0 fully saturated rings. The molecule has 4 aromatic rings. The lowest BCUT2D eigenvalue weighted by atomic mass is 9.87. The van der Waals surface area contributed by atoms with Crippen molar-refractivity contribution in [2.45, 2.75) is 37.7 Å². The first-order valence-corrected chi connectivity index (χ1v) is 12.8. The molecule has 1 amide bonds. The van der Waals surface area contributed by atoms with Gasteiger partial charge in [0.25, 0.3) is 5.91 Å². The van der Waals surface area contributed by atoms with Gasteiger partial charge in [0.1, 0.15) is 0 Å². The van der Waals surface area contributed by atoms with Crippen molar-refractivity contribution in [3.05, 3.63) is 131 Å². The van der Waals surface area contributed by atoms with Gasteiger partial charge in [-0.3, -0.25) is 9.69 Å². The highest BCUT2D eigenvalue weighted by molar-refractivity contribution is 7.97. The zero-order valence-corrected chi connectivity index (χ0v) is 20.9. The number of thioether (sulfide) groups is 1. The average molecular weight is 466 g/mol. The van der Waals surface area contributed by atoms with Crippen LogP contribution in [0.5, 0.6) is 0 Å². The lowest BCUT2D eigenvalue weighted by Crippen LogP contribution is -2.26. The van der Waals surface area contributed by atoms with Gasteiger partial charge < -0.3 is 0 Å². The Kier molecular flexibility index (Phi) is 7.54. The fourth-order valence-corrected chi connectivity index (χ4v) is 4.88. The SMILES string of the molecule is CC(C)(C)c1ccc(CSCc2ccccc2N(C(=O)c2ccccc2)c2ccccc2)cc1. The molecule has 4 rings (SSSR count). The summed E-state index contributed by atoms with van der Waals surface area (Å²) in [5.74, 6) is 1.72. The number of hydrogen-bond donors (Lipinski definition) is 0. The van der Waals surface area contributed by atoms with E-state index in [1.165, 1.54) is 11.1 Å². The van der Waals surface area contributed by atoms with Crippen molar-refractivity contribution >= 4 is 29.0 Å². The fourth-order valence-electron chi connectivity index (χ4n) is 3.88. The van der Waals surface area contributed by atoms with Crippen molar-refractivity contribution in [3.8, 4) is 0 Å². The molecule has 0 saturated carbocycles. The summed E-state index contributed by atoms with van der Waals surface area (Å²) >= 11 is 1.87. The zero-order chi connectivity index (χ0) is 24.0. The van der Waals surface area contributed by atoms with Crippen LogP contribution in [0.25, 0.3) is 0 Å². The average Bonchev–Trinajstić information content (AvgIpc) is 2.86.